The van der Waals surface area contributed by atoms with E-state index in [2.05, 4.69) is 34.5 Å². The molecule has 0 aliphatic carbocycles. The molecule has 0 radical (unpaired) electrons. The van der Waals surface area contributed by atoms with Gasteiger partial charge in [-0.3, -0.25) is 4.99 Å². The van der Waals surface area contributed by atoms with E-state index in [0.717, 1.165) is 30.4 Å². The van der Waals surface area contributed by atoms with Gasteiger partial charge in [0.2, 0.25) is 5.88 Å². The summed E-state index contributed by atoms with van der Waals surface area (Å²) in [4.78, 5) is 8.30. The lowest BCUT2D eigenvalue weighted by Crippen LogP contribution is -2.37. The van der Waals surface area contributed by atoms with Gasteiger partial charge in [0.05, 0.1) is 7.11 Å². The Balaban J connectivity index is 2.33. The maximum Gasteiger partial charge on any atom is 0.213 e. The number of hydrogen-bond donors (Lipinski definition) is 2. The molecule has 5 heteroatoms. The first-order valence-corrected chi connectivity index (χ1v) is 7.09. The van der Waals surface area contributed by atoms with Gasteiger partial charge in [0.1, 0.15) is 0 Å². The fourth-order valence-electron chi connectivity index (χ4n) is 1.80. The summed E-state index contributed by atoms with van der Waals surface area (Å²) in [5.74, 6) is 2.20. The van der Waals surface area contributed by atoms with Gasteiger partial charge in [-0.2, -0.15) is 0 Å². The van der Waals surface area contributed by atoms with Gasteiger partial charge in [-0.1, -0.05) is 13.8 Å². The normalized spacial score (nSPS) is 11.6. The van der Waals surface area contributed by atoms with Crippen molar-refractivity contribution in [2.75, 3.05) is 20.7 Å². The highest BCUT2D eigenvalue weighted by molar-refractivity contribution is 5.79. The number of rotatable bonds is 7. The molecule has 1 rings (SSSR count). The standard InChI is InChI=1S/C15H26N4O/c1-12(2)6-5-8-18-15(16-3)19-11-13-7-9-17-14(10-13)20-4/h7,9-10,12H,5-6,8,11H2,1-4H3,(H2,16,18,19). The van der Waals surface area contributed by atoms with Crippen LogP contribution in [0.4, 0.5) is 0 Å². The monoisotopic (exact) mass is 278 g/mol. The second-order valence-electron chi connectivity index (χ2n) is 5.10. The number of nitrogens with one attached hydrogen (secondary N) is 2. The number of ether oxygens (including phenoxy) is 1. The van der Waals surface area contributed by atoms with E-state index in [4.69, 9.17) is 4.74 Å². The first-order valence-electron chi connectivity index (χ1n) is 7.09. The Labute approximate surface area is 121 Å². The minimum Gasteiger partial charge on any atom is -0.481 e. The predicted octanol–water partition coefficient (Wildman–Crippen LogP) is 2.19. The lowest BCUT2D eigenvalue weighted by atomic mass is 10.1. The third-order valence-corrected chi connectivity index (χ3v) is 2.94. The summed E-state index contributed by atoms with van der Waals surface area (Å²) in [5, 5.41) is 6.60. The summed E-state index contributed by atoms with van der Waals surface area (Å²) in [6.07, 6.45) is 4.13. The maximum absolute atomic E-state index is 5.11. The molecule has 0 unspecified atom stereocenters. The van der Waals surface area contributed by atoms with Gasteiger partial charge in [0.15, 0.2) is 5.96 Å². The molecule has 0 saturated carbocycles. The Morgan fingerprint density at radius 2 is 2.20 bits per heavy atom. The molecule has 1 heterocycles. The van der Waals surface area contributed by atoms with Crippen LogP contribution in [0.15, 0.2) is 23.3 Å². The Kier molecular flexibility index (Phi) is 7.47. The summed E-state index contributed by atoms with van der Waals surface area (Å²) in [7, 11) is 3.40. The molecule has 0 atom stereocenters. The lowest BCUT2D eigenvalue weighted by Gasteiger charge is -2.12. The Hall–Kier alpha value is -1.78. The molecule has 0 saturated heterocycles. The van der Waals surface area contributed by atoms with Crippen LogP contribution in [0.25, 0.3) is 0 Å². The SMILES string of the molecule is CN=C(NCCCC(C)C)NCc1ccnc(OC)c1. The third kappa shape index (κ3) is 6.41. The van der Waals surface area contributed by atoms with E-state index >= 15 is 0 Å². The molecule has 0 fully saturated rings. The average molecular weight is 278 g/mol. The smallest absolute Gasteiger partial charge is 0.213 e. The van der Waals surface area contributed by atoms with E-state index in [-0.39, 0.29) is 0 Å². The maximum atomic E-state index is 5.11. The van der Waals surface area contributed by atoms with E-state index in [0.29, 0.717) is 12.4 Å². The van der Waals surface area contributed by atoms with Crippen LogP contribution in [-0.4, -0.2) is 31.6 Å². The molecule has 0 spiro atoms. The van der Waals surface area contributed by atoms with Gasteiger partial charge in [0, 0.05) is 32.4 Å². The van der Waals surface area contributed by atoms with Gasteiger partial charge < -0.3 is 15.4 Å². The van der Waals surface area contributed by atoms with E-state index in [1.165, 1.54) is 6.42 Å². The highest BCUT2D eigenvalue weighted by Gasteiger charge is 2.00. The molecule has 1 aromatic heterocycles. The first-order chi connectivity index (χ1) is 9.65. The molecular weight excluding hydrogens is 252 g/mol. The predicted molar refractivity (Wildman–Crippen MR) is 83.1 cm³/mol. The van der Waals surface area contributed by atoms with Crippen LogP contribution < -0.4 is 15.4 Å². The summed E-state index contributed by atoms with van der Waals surface area (Å²) in [6, 6.07) is 3.88. The average Bonchev–Trinajstić information content (AvgIpc) is 2.46. The fourth-order valence-corrected chi connectivity index (χ4v) is 1.80. The van der Waals surface area contributed by atoms with Crippen molar-refractivity contribution in [3.8, 4) is 5.88 Å². The van der Waals surface area contributed by atoms with E-state index in [9.17, 15) is 0 Å². The molecule has 0 aliphatic heterocycles. The zero-order valence-electron chi connectivity index (χ0n) is 12.9. The lowest BCUT2D eigenvalue weighted by molar-refractivity contribution is 0.397. The van der Waals surface area contributed by atoms with Crippen molar-refractivity contribution in [2.45, 2.75) is 33.2 Å². The van der Waals surface area contributed by atoms with Gasteiger partial charge in [-0.15, -0.1) is 0 Å². The van der Waals surface area contributed by atoms with Crippen molar-refractivity contribution < 1.29 is 4.74 Å². The van der Waals surface area contributed by atoms with E-state index in [1.807, 2.05) is 12.1 Å². The summed E-state index contributed by atoms with van der Waals surface area (Å²) < 4.78 is 5.11. The zero-order valence-corrected chi connectivity index (χ0v) is 12.9. The summed E-state index contributed by atoms with van der Waals surface area (Å²) >= 11 is 0. The van der Waals surface area contributed by atoms with Crippen molar-refractivity contribution in [3.05, 3.63) is 23.9 Å². The molecule has 2 N–H and O–H groups in total. The van der Waals surface area contributed by atoms with Crippen LogP contribution >= 0.6 is 0 Å². The highest BCUT2D eigenvalue weighted by atomic mass is 16.5. The quantitative estimate of drug-likeness (QED) is 0.456. The molecule has 0 amide bonds. The Bertz CT molecular complexity index is 418. The molecule has 5 nitrogen and oxygen atoms in total. The van der Waals surface area contributed by atoms with Gasteiger partial charge in [-0.25, -0.2) is 4.98 Å². The number of aromatic nitrogens is 1. The molecule has 1 aromatic rings. The van der Waals surface area contributed by atoms with Crippen molar-refractivity contribution >= 4 is 5.96 Å². The minimum atomic E-state index is 0.629. The molecule has 0 aromatic carbocycles. The van der Waals surface area contributed by atoms with Crippen LogP contribution in [0, 0.1) is 5.92 Å². The fraction of sp³-hybridized carbons (Fsp3) is 0.600. The van der Waals surface area contributed by atoms with Gasteiger partial charge in [0.25, 0.3) is 0 Å². The molecular formula is C15H26N4O. The number of guanidine groups is 1. The van der Waals surface area contributed by atoms with Gasteiger partial charge >= 0.3 is 0 Å². The topological polar surface area (TPSA) is 58.5 Å². The Morgan fingerprint density at radius 3 is 2.85 bits per heavy atom. The molecule has 0 bridgehead atoms. The van der Waals surface area contributed by atoms with Crippen molar-refractivity contribution in [3.63, 3.8) is 0 Å². The number of aliphatic imine (C=N–C) groups is 1. The second-order valence-corrected chi connectivity index (χ2v) is 5.10. The largest absolute Gasteiger partial charge is 0.481 e. The van der Waals surface area contributed by atoms with Gasteiger partial charge in [-0.05, 0) is 30.4 Å². The van der Waals surface area contributed by atoms with Crippen molar-refractivity contribution in [1.29, 1.82) is 0 Å². The zero-order chi connectivity index (χ0) is 14.8. The number of nitrogens with zero attached hydrogens (tertiary/aromatic N) is 2. The van der Waals surface area contributed by atoms with Crippen LogP contribution in [-0.2, 0) is 6.54 Å². The highest BCUT2D eigenvalue weighted by Crippen LogP contribution is 2.07. The number of hydrogen-bond acceptors (Lipinski definition) is 3. The van der Waals surface area contributed by atoms with E-state index < -0.39 is 0 Å². The number of methoxy groups -OCH3 is 1. The van der Waals surface area contributed by atoms with E-state index in [1.54, 1.807) is 20.4 Å². The van der Waals surface area contributed by atoms with Crippen LogP contribution in [0.2, 0.25) is 0 Å². The second kappa shape index (κ2) is 9.18. The Morgan fingerprint density at radius 1 is 1.40 bits per heavy atom. The van der Waals surface area contributed by atoms with Crippen molar-refractivity contribution in [1.82, 2.24) is 15.6 Å². The van der Waals surface area contributed by atoms with Crippen LogP contribution in [0.1, 0.15) is 32.3 Å². The molecule has 20 heavy (non-hydrogen) atoms. The third-order valence-electron chi connectivity index (χ3n) is 2.94. The minimum absolute atomic E-state index is 0.629. The summed E-state index contributed by atoms with van der Waals surface area (Å²) in [6.45, 7) is 6.12. The first kappa shape index (κ1) is 16.3. The summed E-state index contributed by atoms with van der Waals surface area (Å²) in [5.41, 5.74) is 1.11. The van der Waals surface area contributed by atoms with Crippen LogP contribution in [0.3, 0.4) is 0 Å². The number of pyridine rings is 1. The van der Waals surface area contributed by atoms with Crippen LogP contribution in [0.5, 0.6) is 5.88 Å². The molecule has 0 aliphatic rings. The molecule has 112 valence electrons. The van der Waals surface area contributed by atoms with Crippen molar-refractivity contribution in [2.24, 2.45) is 10.9 Å².